The molecule has 2 aromatic rings. The molecule has 5 heteroatoms. The highest BCUT2D eigenvalue weighted by Crippen LogP contribution is 2.30. The molecule has 1 aromatic carbocycles. The molecule has 1 N–H and O–H groups in total. The molecule has 0 radical (unpaired) electrons. The first kappa shape index (κ1) is 14.2. The number of aliphatic hydroxyl groups excluding tert-OH is 1. The number of aliphatic hydroxyl groups is 1. The van der Waals surface area contributed by atoms with Gasteiger partial charge < -0.3 is 9.63 Å². The van der Waals surface area contributed by atoms with Crippen molar-refractivity contribution in [3.05, 3.63) is 47.6 Å². The van der Waals surface area contributed by atoms with Gasteiger partial charge in [0.2, 0.25) is 5.89 Å². The minimum absolute atomic E-state index is 0.327. The zero-order valence-corrected chi connectivity index (χ0v) is 12.3. The maximum absolute atomic E-state index is 10.5. The van der Waals surface area contributed by atoms with E-state index in [2.05, 4.69) is 15.0 Å². The predicted octanol–water partition coefficient (Wildman–Crippen LogP) is 2.32. The number of hydrogen-bond donors (Lipinski definition) is 1. The number of likely N-dealkylation sites (tertiary alicyclic amines) is 1. The summed E-state index contributed by atoms with van der Waals surface area (Å²) in [5, 5.41) is 14.3. The standard InChI is InChI=1S/C16H21N3O2/c1-12-17-15(21-18-12)11-19-9-7-14(8-10-19)16(20)13-5-3-2-4-6-13/h2-6,14,16,20H,7-11H2,1H3/t16-/m1/s1. The summed E-state index contributed by atoms with van der Waals surface area (Å²) in [6, 6.07) is 9.93. The van der Waals surface area contributed by atoms with Crippen LogP contribution in [-0.2, 0) is 6.54 Å². The lowest BCUT2D eigenvalue weighted by atomic mass is 9.87. The molecular formula is C16H21N3O2. The molecule has 1 aliphatic heterocycles. The number of aryl methyl sites for hydroxylation is 1. The molecule has 21 heavy (non-hydrogen) atoms. The Labute approximate surface area is 124 Å². The first-order valence-corrected chi connectivity index (χ1v) is 7.47. The summed E-state index contributed by atoms with van der Waals surface area (Å²) in [5.41, 5.74) is 1.02. The molecular weight excluding hydrogens is 266 g/mol. The lowest BCUT2D eigenvalue weighted by Gasteiger charge is -2.33. The number of piperidine rings is 1. The number of hydrogen-bond acceptors (Lipinski definition) is 5. The molecule has 0 aliphatic carbocycles. The van der Waals surface area contributed by atoms with E-state index < -0.39 is 0 Å². The van der Waals surface area contributed by atoms with E-state index in [1.165, 1.54) is 0 Å². The van der Waals surface area contributed by atoms with Crippen molar-refractivity contribution in [1.82, 2.24) is 15.0 Å². The van der Waals surface area contributed by atoms with Crippen LogP contribution in [0.5, 0.6) is 0 Å². The van der Waals surface area contributed by atoms with E-state index in [9.17, 15) is 5.11 Å². The fraction of sp³-hybridized carbons (Fsp3) is 0.500. The van der Waals surface area contributed by atoms with Crippen LogP contribution < -0.4 is 0 Å². The van der Waals surface area contributed by atoms with Crippen molar-refractivity contribution in [2.24, 2.45) is 5.92 Å². The second-order valence-corrected chi connectivity index (χ2v) is 5.70. The molecule has 3 rings (SSSR count). The van der Waals surface area contributed by atoms with Gasteiger partial charge in [0, 0.05) is 0 Å². The molecule has 1 aromatic heterocycles. The molecule has 0 bridgehead atoms. The van der Waals surface area contributed by atoms with Gasteiger partial charge in [0.15, 0.2) is 5.82 Å². The van der Waals surface area contributed by atoms with Gasteiger partial charge in [0.05, 0.1) is 12.6 Å². The van der Waals surface area contributed by atoms with Crippen LogP contribution in [0.2, 0.25) is 0 Å². The molecule has 0 saturated carbocycles. The van der Waals surface area contributed by atoms with Crippen molar-refractivity contribution in [1.29, 1.82) is 0 Å². The summed E-state index contributed by atoms with van der Waals surface area (Å²) < 4.78 is 5.16. The molecule has 2 heterocycles. The number of benzene rings is 1. The summed E-state index contributed by atoms with van der Waals surface area (Å²) >= 11 is 0. The quantitative estimate of drug-likeness (QED) is 0.935. The summed E-state index contributed by atoms with van der Waals surface area (Å²) in [5.74, 6) is 1.68. The Morgan fingerprint density at radius 3 is 2.62 bits per heavy atom. The van der Waals surface area contributed by atoms with Crippen LogP contribution >= 0.6 is 0 Å². The smallest absolute Gasteiger partial charge is 0.240 e. The Morgan fingerprint density at radius 2 is 2.00 bits per heavy atom. The fourth-order valence-electron chi connectivity index (χ4n) is 2.94. The topological polar surface area (TPSA) is 62.4 Å². The van der Waals surface area contributed by atoms with Gasteiger partial charge >= 0.3 is 0 Å². The van der Waals surface area contributed by atoms with Crippen molar-refractivity contribution < 1.29 is 9.63 Å². The van der Waals surface area contributed by atoms with E-state index in [1.54, 1.807) is 0 Å². The molecule has 1 fully saturated rings. The van der Waals surface area contributed by atoms with Crippen LogP contribution in [0.3, 0.4) is 0 Å². The van der Waals surface area contributed by atoms with Crippen molar-refractivity contribution in [3.63, 3.8) is 0 Å². The highest BCUT2D eigenvalue weighted by atomic mass is 16.5. The zero-order valence-electron chi connectivity index (χ0n) is 12.3. The average Bonchev–Trinajstić information content (AvgIpc) is 2.93. The van der Waals surface area contributed by atoms with E-state index in [-0.39, 0.29) is 6.10 Å². The Hall–Kier alpha value is -1.72. The van der Waals surface area contributed by atoms with Crippen LogP contribution in [0, 0.1) is 12.8 Å². The van der Waals surface area contributed by atoms with E-state index in [0.29, 0.717) is 24.2 Å². The monoisotopic (exact) mass is 287 g/mol. The Morgan fingerprint density at radius 1 is 1.29 bits per heavy atom. The summed E-state index contributed by atoms with van der Waals surface area (Å²) in [6.45, 7) is 4.44. The van der Waals surface area contributed by atoms with Crippen molar-refractivity contribution in [2.75, 3.05) is 13.1 Å². The molecule has 0 unspecified atom stereocenters. The van der Waals surface area contributed by atoms with Crippen molar-refractivity contribution >= 4 is 0 Å². The second-order valence-electron chi connectivity index (χ2n) is 5.70. The predicted molar refractivity (Wildman–Crippen MR) is 78.4 cm³/mol. The minimum atomic E-state index is -0.362. The van der Waals surface area contributed by atoms with Crippen LogP contribution in [0.25, 0.3) is 0 Å². The van der Waals surface area contributed by atoms with E-state index in [1.807, 2.05) is 37.3 Å². The fourth-order valence-corrected chi connectivity index (χ4v) is 2.94. The highest BCUT2D eigenvalue weighted by Gasteiger charge is 2.26. The normalized spacial score (nSPS) is 18.8. The Kier molecular flexibility index (Phi) is 4.31. The van der Waals surface area contributed by atoms with Gasteiger partial charge in [-0.25, -0.2) is 0 Å². The highest BCUT2D eigenvalue weighted by molar-refractivity contribution is 5.18. The maximum atomic E-state index is 10.5. The second kappa shape index (κ2) is 6.37. The lowest BCUT2D eigenvalue weighted by molar-refractivity contribution is 0.0538. The van der Waals surface area contributed by atoms with Crippen LogP contribution in [0.1, 0.15) is 36.2 Å². The van der Waals surface area contributed by atoms with Gasteiger partial charge in [-0.15, -0.1) is 0 Å². The third-order valence-electron chi connectivity index (χ3n) is 4.15. The molecule has 1 aliphatic rings. The van der Waals surface area contributed by atoms with Gasteiger partial charge in [0.1, 0.15) is 0 Å². The van der Waals surface area contributed by atoms with Gasteiger partial charge in [-0.05, 0) is 44.3 Å². The van der Waals surface area contributed by atoms with Crippen molar-refractivity contribution in [3.8, 4) is 0 Å². The number of aromatic nitrogens is 2. The van der Waals surface area contributed by atoms with Gasteiger partial charge in [-0.3, -0.25) is 4.90 Å². The molecule has 112 valence electrons. The molecule has 1 saturated heterocycles. The average molecular weight is 287 g/mol. The van der Waals surface area contributed by atoms with Crippen LogP contribution in [0.15, 0.2) is 34.9 Å². The van der Waals surface area contributed by atoms with Gasteiger partial charge in [-0.1, -0.05) is 35.5 Å². The molecule has 0 spiro atoms. The summed E-state index contributed by atoms with van der Waals surface area (Å²) in [6.07, 6.45) is 1.62. The van der Waals surface area contributed by atoms with Crippen molar-refractivity contribution in [2.45, 2.75) is 32.4 Å². The minimum Gasteiger partial charge on any atom is -0.388 e. The number of nitrogens with zero attached hydrogens (tertiary/aromatic N) is 3. The molecule has 5 nitrogen and oxygen atoms in total. The first-order chi connectivity index (χ1) is 10.2. The third-order valence-corrected chi connectivity index (χ3v) is 4.15. The third kappa shape index (κ3) is 3.49. The zero-order chi connectivity index (χ0) is 14.7. The Bertz CT molecular complexity index is 562. The van der Waals surface area contributed by atoms with Gasteiger partial charge in [0.25, 0.3) is 0 Å². The van der Waals surface area contributed by atoms with E-state index in [4.69, 9.17) is 4.52 Å². The first-order valence-electron chi connectivity index (χ1n) is 7.47. The summed E-state index contributed by atoms with van der Waals surface area (Å²) in [4.78, 5) is 6.54. The largest absolute Gasteiger partial charge is 0.388 e. The van der Waals surface area contributed by atoms with Crippen LogP contribution in [0.4, 0.5) is 0 Å². The van der Waals surface area contributed by atoms with Gasteiger partial charge in [-0.2, -0.15) is 4.98 Å². The lowest BCUT2D eigenvalue weighted by Crippen LogP contribution is -2.35. The van der Waals surface area contributed by atoms with E-state index in [0.717, 1.165) is 31.5 Å². The van der Waals surface area contributed by atoms with Crippen LogP contribution in [-0.4, -0.2) is 33.2 Å². The molecule has 0 amide bonds. The Balaban J connectivity index is 1.53. The maximum Gasteiger partial charge on any atom is 0.240 e. The number of rotatable bonds is 4. The SMILES string of the molecule is Cc1noc(CN2CCC([C@H](O)c3ccccc3)CC2)n1. The summed E-state index contributed by atoms with van der Waals surface area (Å²) in [7, 11) is 0. The van der Waals surface area contributed by atoms with E-state index >= 15 is 0 Å². The molecule has 1 atom stereocenters.